The number of benzene rings is 10. The van der Waals surface area contributed by atoms with Crippen LogP contribution < -0.4 is 20.7 Å². The fraction of sp³-hybridized carbons (Fsp3) is 0.0545. The molecule has 2 aliphatic rings. The van der Waals surface area contributed by atoms with Gasteiger partial charge in [0.1, 0.15) is 11.5 Å². The second-order valence-electron chi connectivity index (χ2n) is 15.8. The molecule has 0 radical (unpaired) electrons. The van der Waals surface area contributed by atoms with Crippen molar-refractivity contribution < 1.29 is 4.74 Å². The summed E-state index contributed by atoms with van der Waals surface area (Å²) < 4.78 is 6.41. The van der Waals surface area contributed by atoms with Crippen LogP contribution in [0.5, 0.6) is 11.5 Å². The first-order chi connectivity index (χ1) is 29.2. The van der Waals surface area contributed by atoms with Crippen molar-refractivity contribution in [1.29, 1.82) is 0 Å². The average Bonchev–Trinajstić information content (AvgIpc) is 3.31. The van der Waals surface area contributed by atoms with E-state index in [1.54, 1.807) is 0 Å². The predicted octanol–water partition coefficient (Wildman–Crippen LogP) is 13.6. The monoisotopic (exact) mass is 757 g/mol. The highest BCUT2D eigenvalue weighted by Gasteiger charge is 2.32. The van der Waals surface area contributed by atoms with Crippen molar-refractivity contribution in [1.82, 2.24) is 16.0 Å². The van der Waals surface area contributed by atoms with Crippen molar-refractivity contribution in [3.63, 3.8) is 0 Å². The Bertz CT molecular complexity index is 3230. The molecule has 59 heavy (non-hydrogen) atoms. The smallest absolute Gasteiger partial charge is 0.135 e. The van der Waals surface area contributed by atoms with Gasteiger partial charge in [0.05, 0.1) is 18.5 Å². The molecule has 280 valence electrons. The van der Waals surface area contributed by atoms with Crippen LogP contribution in [0, 0.1) is 0 Å². The fourth-order valence-corrected chi connectivity index (χ4v) is 9.47. The molecule has 10 aromatic carbocycles. The molecule has 0 aliphatic carbocycles. The van der Waals surface area contributed by atoms with Crippen LogP contribution in [0.15, 0.2) is 200 Å². The van der Waals surface area contributed by atoms with Gasteiger partial charge in [-0.15, -0.1) is 0 Å². The minimum atomic E-state index is -0.166. The van der Waals surface area contributed by atoms with E-state index >= 15 is 0 Å². The summed E-state index contributed by atoms with van der Waals surface area (Å²) in [4.78, 5) is 0. The lowest BCUT2D eigenvalue weighted by Gasteiger charge is -2.40. The van der Waals surface area contributed by atoms with E-state index in [0.29, 0.717) is 0 Å². The topological polar surface area (TPSA) is 45.3 Å². The summed E-state index contributed by atoms with van der Waals surface area (Å²) in [5, 5.41) is 21.9. The summed E-state index contributed by atoms with van der Waals surface area (Å²) in [6.45, 7) is 0. The maximum Gasteiger partial charge on any atom is 0.135 e. The molecule has 1 saturated heterocycles. The summed E-state index contributed by atoms with van der Waals surface area (Å²) in [7, 11) is 0. The first-order valence-corrected chi connectivity index (χ1v) is 20.4. The zero-order chi connectivity index (χ0) is 38.9. The van der Waals surface area contributed by atoms with Gasteiger partial charge in [0.2, 0.25) is 0 Å². The van der Waals surface area contributed by atoms with Gasteiger partial charge in [0, 0.05) is 10.9 Å². The Morgan fingerprint density at radius 1 is 0.322 bits per heavy atom. The zero-order valence-corrected chi connectivity index (χ0v) is 32.2. The summed E-state index contributed by atoms with van der Waals surface area (Å²) in [6, 6.07) is 72.4. The fourth-order valence-electron chi connectivity index (χ4n) is 9.47. The molecule has 1 fully saturated rings. The van der Waals surface area contributed by atoms with Crippen molar-refractivity contribution in [3.05, 3.63) is 217 Å². The number of ether oxygens (including phenoxy) is 1. The molecule has 0 bridgehead atoms. The van der Waals surface area contributed by atoms with Gasteiger partial charge in [-0.1, -0.05) is 176 Å². The van der Waals surface area contributed by atoms with Crippen LogP contribution in [0.2, 0.25) is 0 Å². The van der Waals surface area contributed by atoms with Gasteiger partial charge in [0.15, 0.2) is 0 Å². The zero-order valence-electron chi connectivity index (χ0n) is 32.2. The molecule has 0 saturated carbocycles. The molecule has 2 aliphatic heterocycles. The van der Waals surface area contributed by atoms with Gasteiger partial charge in [-0.25, -0.2) is 0 Å². The van der Waals surface area contributed by atoms with Gasteiger partial charge in [0.25, 0.3) is 0 Å². The van der Waals surface area contributed by atoms with E-state index in [9.17, 15) is 0 Å². The normalized spacial score (nSPS) is 17.3. The minimum absolute atomic E-state index is 0.128. The van der Waals surface area contributed by atoms with Gasteiger partial charge in [-0.3, -0.25) is 16.0 Å². The van der Waals surface area contributed by atoms with Crippen LogP contribution >= 0.6 is 0 Å². The lowest BCUT2D eigenvalue weighted by atomic mass is 9.91. The van der Waals surface area contributed by atoms with Crippen molar-refractivity contribution >= 4 is 43.1 Å². The Kier molecular flexibility index (Phi) is 7.95. The maximum atomic E-state index is 6.41. The molecule has 10 aromatic rings. The lowest BCUT2D eigenvalue weighted by Crippen LogP contribution is -2.54. The molecule has 0 amide bonds. The first-order valence-electron chi connectivity index (χ1n) is 20.4. The van der Waals surface area contributed by atoms with E-state index in [-0.39, 0.29) is 18.5 Å². The van der Waals surface area contributed by atoms with Crippen LogP contribution in [0.4, 0.5) is 0 Å². The molecule has 4 heteroatoms. The van der Waals surface area contributed by atoms with Crippen molar-refractivity contribution in [2.45, 2.75) is 18.5 Å². The quantitative estimate of drug-likeness (QED) is 0.121. The third-order valence-electron chi connectivity index (χ3n) is 12.4. The van der Waals surface area contributed by atoms with Gasteiger partial charge >= 0.3 is 0 Å². The van der Waals surface area contributed by atoms with Crippen molar-refractivity contribution in [2.24, 2.45) is 0 Å². The van der Waals surface area contributed by atoms with Gasteiger partial charge in [-0.05, 0) is 106 Å². The second-order valence-corrected chi connectivity index (χ2v) is 15.8. The molecule has 2 heterocycles. The van der Waals surface area contributed by atoms with Crippen LogP contribution in [0.25, 0.3) is 76.5 Å². The molecular formula is C55H39N3O. The maximum absolute atomic E-state index is 6.41. The van der Waals surface area contributed by atoms with E-state index < -0.39 is 0 Å². The van der Waals surface area contributed by atoms with E-state index in [1.165, 1.54) is 76.5 Å². The molecule has 12 rings (SSSR count). The molecule has 4 nitrogen and oxygen atoms in total. The molecule has 3 atom stereocenters. The third kappa shape index (κ3) is 5.80. The summed E-state index contributed by atoms with van der Waals surface area (Å²) in [6.07, 6.45) is -0.438. The lowest BCUT2D eigenvalue weighted by molar-refractivity contribution is 0.205. The number of nitrogens with one attached hydrogen (secondary N) is 3. The molecular weight excluding hydrogens is 719 g/mol. The standard InChI is InChI=1S/C55H39N3O/c1-2-10-34(11-3-1)35-20-24-39(25-21-35)53-56-54(58-55(57-53)52-44-17-7-5-13-42(44)33-47-43-16-6-4-12-37(43)28-30-46(47)52)40-26-22-36(23-27-40)41-29-31-49-48(32-41)45-18-8-14-38-15-9-19-50(59-49)51(38)45/h1-33,53-58H. The van der Waals surface area contributed by atoms with Gasteiger partial charge < -0.3 is 4.74 Å². The second kappa shape index (κ2) is 13.8. The summed E-state index contributed by atoms with van der Waals surface area (Å²) in [5.41, 5.74) is 10.7. The first kappa shape index (κ1) is 34.0. The highest BCUT2D eigenvalue weighted by molar-refractivity contribution is 6.14. The third-order valence-corrected chi connectivity index (χ3v) is 12.4. The van der Waals surface area contributed by atoms with Crippen LogP contribution in [0.3, 0.4) is 0 Å². The van der Waals surface area contributed by atoms with E-state index in [1.807, 2.05) is 0 Å². The van der Waals surface area contributed by atoms with E-state index in [4.69, 9.17) is 4.74 Å². The minimum Gasteiger partial charge on any atom is -0.456 e. The summed E-state index contributed by atoms with van der Waals surface area (Å²) in [5.74, 6) is 1.81. The number of hydrogen-bond acceptors (Lipinski definition) is 4. The Morgan fingerprint density at radius 2 is 0.915 bits per heavy atom. The molecule has 3 unspecified atom stereocenters. The Hall–Kier alpha value is -7.08. The number of rotatable bonds is 5. The van der Waals surface area contributed by atoms with Crippen molar-refractivity contribution in [2.75, 3.05) is 0 Å². The van der Waals surface area contributed by atoms with Crippen LogP contribution in [-0.4, -0.2) is 0 Å². The van der Waals surface area contributed by atoms with E-state index in [0.717, 1.165) is 28.2 Å². The highest BCUT2D eigenvalue weighted by Crippen LogP contribution is 2.47. The Balaban J connectivity index is 0.942. The average molecular weight is 758 g/mol. The number of hydrogen-bond donors (Lipinski definition) is 3. The Morgan fingerprint density at radius 3 is 1.68 bits per heavy atom. The SMILES string of the molecule is c1ccc(-c2ccc(C3NC(c4ccc(-c5ccc6c(c5)-c5cccc7cccc(c57)O6)cc4)NC(c4c5ccccc5cc5c4ccc4ccccc45)N3)cc2)cc1. The molecule has 0 aromatic heterocycles. The predicted molar refractivity (Wildman–Crippen MR) is 243 cm³/mol. The highest BCUT2D eigenvalue weighted by atomic mass is 16.5. The molecule has 0 spiro atoms. The van der Waals surface area contributed by atoms with Crippen molar-refractivity contribution in [3.8, 4) is 44.9 Å². The largest absolute Gasteiger partial charge is 0.456 e. The van der Waals surface area contributed by atoms with E-state index in [2.05, 4.69) is 216 Å². The van der Waals surface area contributed by atoms with Gasteiger partial charge in [-0.2, -0.15) is 0 Å². The Labute approximate surface area is 342 Å². The summed E-state index contributed by atoms with van der Waals surface area (Å²) >= 11 is 0. The van der Waals surface area contributed by atoms with Crippen LogP contribution in [0.1, 0.15) is 35.2 Å². The number of fused-ring (bicyclic) bond motifs is 6. The van der Waals surface area contributed by atoms with Crippen LogP contribution in [-0.2, 0) is 0 Å². The molecule has 3 N–H and O–H groups in total.